The van der Waals surface area contributed by atoms with Crippen LogP contribution in [0.15, 0.2) is 29.2 Å². The minimum atomic E-state index is -3.33. The summed E-state index contributed by atoms with van der Waals surface area (Å²) >= 11 is 0. The first-order chi connectivity index (χ1) is 9.99. The number of nitrogens with two attached hydrogens (primary N) is 1. The van der Waals surface area contributed by atoms with Crippen LogP contribution in [0.25, 0.3) is 0 Å². The van der Waals surface area contributed by atoms with Gasteiger partial charge in [-0.05, 0) is 43.9 Å². The van der Waals surface area contributed by atoms with Crippen LogP contribution in [0.1, 0.15) is 44.9 Å². The molecule has 3 rings (SSSR count). The number of nitrogen functional groups attached to an aromatic ring is 1. The second-order valence-corrected chi connectivity index (χ2v) is 8.41. The van der Waals surface area contributed by atoms with Gasteiger partial charge in [-0.15, -0.1) is 0 Å². The lowest BCUT2D eigenvalue weighted by Crippen LogP contribution is -2.33. The van der Waals surface area contributed by atoms with Gasteiger partial charge in [-0.3, -0.25) is 0 Å². The average molecular weight is 309 g/mol. The maximum atomic E-state index is 12.5. The first-order valence-corrected chi connectivity index (χ1v) is 9.41. The van der Waals surface area contributed by atoms with Crippen LogP contribution in [0, 0.1) is 0 Å². The van der Waals surface area contributed by atoms with Crippen LogP contribution >= 0.6 is 0 Å². The van der Waals surface area contributed by atoms with E-state index < -0.39 is 9.84 Å². The first-order valence-electron chi connectivity index (χ1n) is 7.75. The minimum absolute atomic E-state index is 0.0336. The van der Waals surface area contributed by atoms with Crippen molar-refractivity contribution >= 4 is 15.5 Å². The molecular weight excluding hydrogens is 286 g/mol. The Morgan fingerprint density at radius 2 is 1.95 bits per heavy atom. The molecule has 1 saturated heterocycles. The number of hydrogen-bond acceptors (Lipinski definition) is 4. The molecule has 0 amide bonds. The molecule has 21 heavy (non-hydrogen) atoms. The van der Waals surface area contributed by atoms with Gasteiger partial charge in [0.15, 0.2) is 9.84 Å². The standard InChI is InChI=1S/C16H23NO3S/c17-13-5-4-6-15(11-13)21(18,19)12-14-7-10-16(20-14)8-2-1-3-9-16/h4-6,11,14H,1-3,7-10,12,17H2. The Morgan fingerprint density at radius 3 is 2.67 bits per heavy atom. The normalized spacial score (nSPS) is 25.2. The van der Waals surface area contributed by atoms with E-state index in [1.807, 2.05) is 0 Å². The SMILES string of the molecule is Nc1cccc(S(=O)(=O)CC2CCC3(CCCCC3)O2)c1. The summed E-state index contributed by atoms with van der Waals surface area (Å²) in [5.41, 5.74) is 6.12. The highest BCUT2D eigenvalue weighted by atomic mass is 32.2. The van der Waals surface area contributed by atoms with E-state index in [1.54, 1.807) is 18.2 Å². The smallest absolute Gasteiger partial charge is 0.180 e. The van der Waals surface area contributed by atoms with Crippen LogP contribution in [-0.4, -0.2) is 25.9 Å². The number of sulfone groups is 1. The van der Waals surface area contributed by atoms with Crippen molar-refractivity contribution in [3.63, 3.8) is 0 Å². The molecule has 2 aliphatic rings. The van der Waals surface area contributed by atoms with Crippen molar-refractivity contribution < 1.29 is 13.2 Å². The van der Waals surface area contributed by atoms with Crippen molar-refractivity contribution in [2.45, 2.75) is 61.5 Å². The molecule has 1 saturated carbocycles. The van der Waals surface area contributed by atoms with Gasteiger partial charge in [0.2, 0.25) is 0 Å². The Bertz CT molecular complexity index is 606. The molecule has 1 aromatic carbocycles. The number of ether oxygens (including phenoxy) is 1. The van der Waals surface area contributed by atoms with Gasteiger partial charge < -0.3 is 10.5 Å². The average Bonchev–Trinajstić information content (AvgIpc) is 2.81. The molecule has 0 bridgehead atoms. The van der Waals surface area contributed by atoms with Crippen molar-refractivity contribution in [2.75, 3.05) is 11.5 Å². The Kier molecular flexibility index (Phi) is 3.97. The van der Waals surface area contributed by atoms with Crippen LogP contribution in [-0.2, 0) is 14.6 Å². The second kappa shape index (κ2) is 5.61. The molecule has 4 nitrogen and oxygen atoms in total. The molecule has 1 spiro atoms. The summed E-state index contributed by atoms with van der Waals surface area (Å²) in [6, 6.07) is 6.51. The van der Waals surface area contributed by atoms with E-state index in [9.17, 15) is 8.42 Å². The minimum Gasteiger partial charge on any atom is -0.399 e. The van der Waals surface area contributed by atoms with Gasteiger partial charge in [0.25, 0.3) is 0 Å². The highest BCUT2D eigenvalue weighted by molar-refractivity contribution is 7.91. The molecule has 0 radical (unpaired) electrons. The molecule has 5 heteroatoms. The zero-order chi connectivity index (χ0) is 14.9. The molecule has 1 heterocycles. The molecule has 1 aliphatic heterocycles. The van der Waals surface area contributed by atoms with E-state index in [4.69, 9.17) is 10.5 Å². The van der Waals surface area contributed by atoms with Crippen molar-refractivity contribution in [1.29, 1.82) is 0 Å². The Balaban J connectivity index is 1.69. The van der Waals surface area contributed by atoms with Gasteiger partial charge in [0, 0.05) is 5.69 Å². The summed E-state index contributed by atoms with van der Waals surface area (Å²) in [5.74, 6) is 0.0677. The lowest BCUT2D eigenvalue weighted by atomic mass is 9.83. The van der Waals surface area contributed by atoms with Gasteiger partial charge in [-0.1, -0.05) is 25.3 Å². The third-order valence-corrected chi connectivity index (χ3v) is 6.51. The molecule has 1 unspecified atom stereocenters. The van der Waals surface area contributed by atoms with Gasteiger partial charge in [0.05, 0.1) is 22.4 Å². The van der Waals surface area contributed by atoms with Crippen molar-refractivity contribution in [2.24, 2.45) is 0 Å². The molecule has 2 N–H and O–H groups in total. The fraction of sp³-hybridized carbons (Fsp3) is 0.625. The van der Waals surface area contributed by atoms with E-state index in [0.29, 0.717) is 10.6 Å². The molecule has 1 aliphatic carbocycles. The molecule has 2 fully saturated rings. The molecule has 0 aromatic heterocycles. The van der Waals surface area contributed by atoms with Crippen molar-refractivity contribution in [1.82, 2.24) is 0 Å². The fourth-order valence-corrected chi connectivity index (χ4v) is 5.14. The third kappa shape index (κ3) is 3.24. The van der Waals surface area contributed by atoms with Gasteiger partial charge >= 0.3 is 0 Å². The maximum absolute atomic E-state index is 12.5. The summed E-state index contributed by atoms with van der Waals surface area (Å²) < 4.78 is 31.1. The van der Waals surface area contributed by atoms with Crippen LogP contribution < -0.4 is 5.73 Å². The van der Waals surface area contributed by atoms with E-state index in [1.165, 1.54) is 25.3 Å². The molecule has 1 atom stereocenters. The van der Waals surface area contributed by atoms with Crippen LogP contribution in [0.2, 0.25) is 0 Å². The third-order valence-electron chi connectivity index (χ3n) is 4.73. The Morgan fingerprint density at radius 1 is 1.19 bits per heavy atom. The van der Waals surface area contributed by atoms with Crippen molar-refractivity contribution in [3.05, 3.63) is 24.3 Å². The highest BCUT2D eigenvalue weighted by Gasteiger charge is 2.42. The highest BCUT2D eigenvalue weighted by Crippen LogP contribution is 2.42. The summed E-state index contributed by atoms with van der Waals surface area (Å²) in [5, 5.41) is 0. The summed E-state index contributed by atoms with van der Waals surface area (Å²) in [7, 11) is -3.33. The van der Waals surface area contributed by atoms with E-state index in [-0.39, 0.29) is 17.5 Å². The zero-order valence-corrected chi connectivity index (χ0v) is 13.1. The number of hydrogen-bond donors (Lipinski definition) is 1. The van der Waals surface area contributed by atoms with Crippen LogP contribution in [0.3, 0.4) is 0 Å². The number of rotatable bonds is 3. The Labute approximate surface area is 126 Å². The van der Waals surface area contributed by atoms with Crippen LogP contribution in [0.5, 0.6) is 0 Å². The molecular formula is C16H23NO3S. The van der Waals surface area contributed by atoms with Crippen molar-refractivity contribution in [3.8, 4) is 0 Å². The van der Waals surface area contributed by atoms with Gasteiger partial charge in [-0.25, -0.2) is 8.42 Å². The fourth-order valence-electron chi connectivity index (χ4n) is 3.63. The van der Waals surface area contributed by atoms with E-state index in [0.717, 1.165) is 25.7 Å². The lowest BCUT2D eigenvalue weighted by molar-refractivity contribution is -0.0559. The number of benzene rings is 1. The molecule has 1 aromatic rings. The zero-order valence-electron chi connectivity index (χ0n) is 12.3. The van der Waals surface area contributed by atoms with Crippen LogP contribution in [0.4, 0.5) is 5.69 Å². The number of anilines is 1. The largest absolute Gasteiger partial charge is 0.399 e. The van der Waals surface area contributed by atoms with E-state index >= 15 is 0 Å². The topological polar surface area (TPSA) is 69.4 Å². The summed E-state index contributed by atoms with van der Waals surface area (Å²) in [6.07, 6.45) is 7.53. The maximum Gasteiger partial charge on any atom is 0.180 e. The first kappa shape index (κ1) is 14.9. The monoisotopic (exact) mass is 309 g/mol. The predicted octanol–water partition coefficient (Wildman–Crippen LogP) is 2.92. The van der Waals surface area contributed by atoms with E-state index in [2.05, 4.69) is 0 Å². The Hall–Kier alpha value is -1.07. The van der Waals surface area contributed by atoms with Gasteiger partial charge in [0.1, 0.15) is 0 Å². The quantitative estimate of drug-likeness (QED) is 0.872. The lowest BCUT2D eigenvalue weighted by Gasteiger charge is -2.33. The summed E-state index contributed by atoms with van der Waals surface area (Å²) in [4.78, 5) is 0.302. The summed E-state index contributed by atoms with van der Waals surface area (Å²) in [6.45, 7) is 0. The second-order valence-electron chi connectivity index (χ2n) is 6.38. The van der Waals surface area contributed by atoms with Gasteiger partial charge in [-0.2, -0.15) is 0 Å². The predicted molar refractivity (Wildman–Crippen MR) is 82.8 cm³/mol. The molecule has 116 valence electrons.